The van der Waals surface area contributed by atoms with Crippen LogP contribution in [0, 0.1) is 0 Å². The maximum atomic E-state index is 11.8. The van der Waals surface area contributed by atoms with E-state index in [1.54, 1.807) is 0 Å². The standard InChI is InChI=1S/C16H25ClN2O2/c1-4-6-7-8-9-10-12(5-2)14-15(16(20)21-3)18-11-13(17)19-14/h11-12H,4-10H2,1-3H3. The fourth-order valence-corrected chi connectivity index (χ4v) is 2.59. The maximum Gasteiger partial charge on any atom is 0.358 e. The van der Waals surface area contributed by atoms with E-state index in [1.165, 1.54) is 39.0 Å². The van der Waals surface area contributed by atoms with Crippen LogP contribution in [0.15, 0.2) is 6.20 Å². The largest absolute Gasteiger partial charge is 0.464 e. The van der Waals surface area contributed by atoms with Crippen LogP contribution in [0.2, 0.25) is 5.15 Å². The van der Waals surface area contributed by atoms with Crippen molar-refractivity contribution in [3.63, 3.8) is 0 Å². The molecule has 0 aliphatic rings. The molecule has 1 unspecified atom stereocenters. The number of methoxy groups -OCH3 is 1. The third-order valence-corrected chi connectivity index (χ3v) is 3.87. The Morgan fingerprint density at radius 2 is 2.00 bits per heavy atom. The molecule has 0 aliphatic carbocycles. The van der Waals surface area contributed by atoms with Crippen LogP contribution in [0.5, 0.6) is 0 Å². The minimum atomic E-state index is -0.446. The molecule has 0 aromatic carbocycles. The Morgan fingerprint density at radius 3 is 2.62 bits per heavy atom. The minimum Gasteiger partial charge on any atom is -0.464 e. The first kappa shape index (κ1) is 17.9. The average Bonchev–Trinajstić information content (AvgIpc) is 2.50. The molecule has 0 spiro atoms. The zero-order chi connectivity index (χ0) is 15.7. The summed E-state index contributed by atoms with van der Waals surface area (Å²) in [6.07, 6.45) is 9.43. The van der Waals surface area contributed by atoms with Crippen molar-refractivity contribution in [3.05, 3.63) is 22.7 Å². The number of carbonyl (C=O) groups excluding carboxylic acids is 1. The number of rotatable bonds is 9. The highest BCUT2D eigenvalue weighted by Gasteiger charge is 2.22. The van der Waals surface area contributed by atoms with Crippen LogP contribution in [0.25, 0.3) is 0 Å². The van der Waals surface area contributed by atoms with Crippen molar-refractivity contribution in [3.8, 4) is 0 Å². The van der Waals surface area contributed by atoms with Gasteiger partial charge in [-0.05, 0) is 12.8 Å². The van der Waals surface area contributed by atoms with Gasteiger partial charge in [-0.25, -0.2) is 14.8 Å². The Hall–Kier alpha value is -1.16. The summed E-state index contributed by atoms with van der Waals surface area (Å²) in [6, 6.07) is 0. The number of esters is 1. The molecule has 0 fully saturated rings. The van der Waals surface area contributed by atoms with E-state index in [-0.39, 0.29) is 5.92 Å². The summed E-state index contributed by atoms with van der Waals surface area (Å²) in [6.45, 7) is 4.30. The third-order valence-electron chi connectivity index (χ3n) is 3.68. The van der Waals surface area contributed by atoms with Gasteiger partial charge in [-0.3, -0.25) is 0 Å². The van der Waals surface area contributed by atoms with Crippen molar-refractivity contribution < 1.29 is 9.53 Å². The molecule has 21 heavy (non-hydrogen) atoms. The van der Waals surface area contributed by atoms with Gasteiger partial charge in [-0.2, -0.15) is 0 Å². The molecule has 118 valence electrons. The SMILES string of the molecule is CCCCCCCC(CC)c1nc(Cl)cnc1C(=O)OC. The van der Waals surface area contributed by atoms with Gasteiger partial charge in [0.05, 0.1) is 19.0 Å². The number of nitrogens with zero attached hydrogens (tertiary/aromatic N) is 2. The van der Waals surface area contributed by atoms with Gasteiger partial charge in [-0.1, -0.05) is 57.6 Å². The lowest BCUT2D eigenvalue weighted by atomic mass is 9.93. The second-order valence-corrected chi connectivity index (χ2v) is 5.61. The van der Waals surface area contributed by atoms with E-state index in [4.69, 9.17) is 16.3 Å². The topological polar surface area (TPSA) is 52.1 Å². The average molecular weight is 313 g/mol. The summed E-state index contributed by atoms with van der Waals surface area (Å²) in [5.41, 5.74) is 0.967. The number of halogens is 1. The summed E-state index contributed by atoms with van der Waals surface area (Å²) in [5, 5.41) is 0.321. The highest BCUT2D eigenvalue weighted by atomic mass is 35.5. The first-order valence-electron chi connectivity index (χ1n) is 7.74. The van der Waals surface area contributed by atoms with E-state index in [1.807, 2.05) is 0 Å². The summed E-state index contributed by atoms with van der Waals surface area (Å²) >= 11 is 5.94. The lowest BCUT2D eigenvalue weighted by Gasteiger charge is -2.16. The molecular formula is C16H25ClN2O2. The van der Waals surface area contributed by atoms with Crippen LogP contribution in [0.3, 0.4) is 0 Å². The molecule has 1 rings (SSSR count). The van der Waals surface area contributed by atoms with E-state index in [0.29, 0.717) is 16.5 Å². The molecule has 0 amide bonds. The highest BCUT2D eigenvalue weighted by Crippen LogP contribution is 2.27. The predicted molar refractivity (Wildman–Crippen MR) is 84.8 cm³/mol. The Labute approximate surface area is 132 Å². The van der Waals surface area contributed by atoms with Crippen LogP contribution in [-0.2, 0) is 4.74 Å². The second kappa shape index (κ2) is 9.72. The zero-order valence-electron chi connectivity index (χ0n) is 13.2. The summed E-state index contributed by atoms with van der Waals surface area (Å²) in [7, 11) is 1.36. The first-order chi connectivity index (χ1) is 10.1. The van der Waals surface area contributed by atoms with Gasteiger partial charge < -0.3 is 4.74 Å². The number of aromatic nitrogens is 2. The van der Waals surface area contributed by atoms with E-state index >= 15 is 0 Å². The molecule has 1 aromatic heterocycles. The Bertz CT molecular complexity index is 452. The zero-order valence-corrected chi connectivity index (χ0v) is 13.9. The quantitative estimate of drug-likeness (QED) is 0.487. The molecular weight excluding hydrogens is 288 g/mol. The van der Waals surface area contributed by atoms with Crippen molar-refractivity contribution in [2.45, 2.75) is 64.7 Å². The molecule has 5 heteroatoms. The number of unbranched alkanes of at least 4 members (excludes halogenated alkanes) is 4. The summed E-state index contributed by atoms with van der Waals surface area (Å²) < 4.78 is 4.78. The van der Waals surface area contributed by atoms with Gasteiger partial charge in [-0.15, -0.1) is 0 Å². The fourth-order valence-electron chi connectivity index (χ4n) is 2.45. The van der Waals surface area contributed by atoms with Crippen LogP contribution in [0.4, 0.5) is 0 Å². The minimum absolute atomic E-state index is 0.201. The van der Waals surface area contributed by atoms with Crippen molar-refractivity contribution in [2.75, 3.05) is 7.11 Å². The smallest absolute Gasteiger partial charge is 0.358 e. The first-order valence-corrected chi connectivity index (χ1v) is 8.12. The van der Waals surface area contributed by atoms with Crippen molar-refractivity contribution in [2.24, 2.45) is 0 Å². The second-order valence-electron chi connectivity index (χ2n) is 5.23. The maximum absolute atomic E-state index is 11.8. The van der Waals surface area contributed by atoms with Crippen LogP contribution < -0.4 is 0 Å². The molecule has 4 nitrogen and oxygen atoms in total. The van der Waals surface area contributed by atoms with Gasteiger partial charge in [0.25, 0.3) is 0 Å². The summed E-state index contributed by atoms with van der Waals surface area (Å²) in [5.74, 6) is -0.245. The van der Waals surface area contributed by atoms with Gasteiger partial charge >= 0.3 is 5.97 Å². The van der Waals surface area contributed by atoms with E-state index < -0.39 is 5.97 Å². The molecule has 0 N–H and O–H groups in total. The lowest BCUT2D eigenvalue weighted by Crippen LogP contribution is -2.14. The monoisotopic (exact) mass is 312 g/mol. The van der Waals surface area contributed by atoms with Crippen LogP contribution >= 0.6 is 11.6 Å². The predicted octanol–water partition coefficient (Wildman–Crippen LogP) is 4.77. The number of ether oxygens (including phenoxy) is 1. The van der Waals surface area contributed by atoms with Gasteiger partial charge in [0.15, 0.2) is 5.69 Å². The molecule has 1 aromatic rings. The van der Waals surface area contributed by atoms with Gasteiger partial charge in [0, 0.05) is 5.92 Å². The van der Waals surface area contributed by atoms with E-state index in [2.05, 4.69) is 23.8 Å². The molecule has 1 atom stereocenters. The van der Waals surface area contributed by atoms with Crippen LogP contribution in [0.1, 0.15) is 80.9 Å². The molecule has 0 bridgehead atoms. The van der Waals surface area contributed by atoms with Crippen LogP contribution in [-0.4, -0.2) is 23.0 Å². The molecule has 0 saturated carbocycles. The van der Waals surface area contributed by atoms with E-state index in [0.717, 1.165) is 19.3 Å². The lowest BCUT2D eigenvalue weighted by molar-refractivity contribution is 0.0591. The molecule has 0 aliphatic heterocycles. The van der Waals surface area contributed by atoms with Crippen molar-refractivity contribution >= 4 is 17.6 Å². The Balaban J connectivity index is 2.78. The third kappa shape index (κ3) is 5.62. The Morgan fingerprint density at radius 1 is 1.29 bits per heavy atom. The molecule has 0 radical (unpaired) electrons. The summed E-state index contributed by atoms with van der Waals surface area (Å²) in [4.78, 5) is 20.3. The number of carbonyl (C=O) groups is 1. The van der Waals surface area contributed by atoms with E-state index in [9.17, 15) is 4.79 Å². The highest BCUT2D eigenvalue weighted by molar-refractivity contribution is 6.29. The number of hydrogen-bond acceptors (Lipinski definition) is 4. The normalized spacial score (nSPS) is 12.2. The Kier molecular flexibility index (Phi) is 8.28. The molecule has 1 heterocycles. The van der Waals surface area contributed by atoms with Gasteiger partial charge in [0.2, 0.25) is 0 Å². The van der Waals surface area contributed by atoms with Crippen molar-refractivity contribution in [1.29, 1.82) is 0 Å². The number of hydrogen-bond donors (Lipinski definition) is 0. The fraction of sp³-hybridized carbons (Fsp3) is 0.688. The van der Waals surface area contributed by atoms with Gasteiger partial charge in [0.1, 0.15) is 5.15 Å². The molecule has 0 saturated heterocycles. The van der Waals surface area contributed by atoms with Crippen molar-refractivity contribution in [1.82, 2.24) is 9.97 Å².